The molecule has 3 heterocycles. The molecule has 0 spiro atoms. The lowest BCUT2D eigenvalue weighted by Gasteiger charge is -2.37. The molecule has 0 saturated carbocycles. The molecule has 2 fully saturated rings. The fraction of sp³-hybridized carbons (Fsp3) is 0.429. The summed E-state index contributed by atoms with van der Waals surface area (Å²) < 4.78 is 20.2. The molecule has 2 aromatic rings. The van der Waals surface area contributed by atoms with E-state index in [2.05, 4.69) is 20.2 Å². The Kier molecular flexibility index (Phi) is 5.88. The van der Waals surface area contributed by atoms with Crippen molar-refractivity contribution in [3.63, 3.8) is 0 Å². The van der Waals surface area contributed by atoms with Gasteiger partial charge in [-0.2, -0.15) is 0 Å². The van der Waals surface area contributed by atoms with Gasteiger partial charge in [0.05, 0.1) is 24.5 Å². The van der Waals surface area contributed by atoms with Crippen molar-refractivity contribution in [1.82, 2.24) is 15.3 Å². The average molecular weight is 428 g/mol. The molecule has 2 aliphatic rings. The zero-order valence-corrected chi connectivity index (χ0v) is 17.5. The number of carbonyl (C=O) groups excluding carboxylic acids is 2. The molecule has 2 saturated heterocycles. The summed E-state index contributed by atoms with van der Waals surface area (Å²) in [5.74, 6) is 0.297. The molecule has 0 aliphatic carbocycles. The molecule has 1 atom stereocenters. The van der Waals surface area contributed by atoms with Gasteiger partial charge in [-0.15, -0.1) is 0 Å². The molecule has 4 rings (SSSR count). The molecule has 10 heteroatoms. The van der Waals surface area contributed by atoms with Crippen LogP contribution in [0.4, 0.5) is 26.4 Å². The van der Waals surface area contributed by atoms with E-state index in [-0.39, 0.29) is 24.8 Å². The summed E-state index contributed by atoms with van der Waals surface area (Å²) in [6.07, 6.45) is 0.549. The van der Waals surface area contributed by atoms with Crippen molar-refractivity contribution in [1.29, 1.82) is 0 Å². The van der Waals surface area contributed by atoms with Crippen LogP contribution in [-0.4, -0.2) is 67.3 Å². The summed E-state index contributed by atoms with van der Waals surface area (Å²) >= 11 is 0. The zero-order chi connectivity index (χ0) is 22.0. The normalized spacial score (nSPS) is 18.9. The van der Waals surface area contributed by atoms with Gasteiger partial charge < -0.3 is 19.9 Å². The second-order valence-electron chi connectivity index (χ2n) is 7.68. The number of nitrogens with zero attached hydrogens (tertiary/aromatic N) is 5. The number of anilines is 3. The Morgan fingerprint density at radius 2 is 1.94 bits per heavy atom. The minimum Gasteiger partial charge on any atom is -0.442 e. The van der Waals surface area contributed by atoms with Crippen LogP contribution in [0.15, 0.2) is 30.6 Å². The van der Waals surface area contributed by atoms with Crippen molar-refractivity contribution in [3.8, 4) is 0 Å². The Hall–Kier alpha value is -3.43. The molecule has 164 valence electrons. The highest BCUT2D eigenvalue weighted by Crippen LogP contribution is 2.29. The van der Waals surface area contributed by atoms with Crippen LogP contribution in [0.5, 0.6) is 0 Å². The largest absolute Gasteiger partial charge is 0.442 e. The predicted octanol–water partition coefficient (Wildman–Crippen LogP) is 1.71. The van der Waals surface area contributed by atoms with Gasteiger partial charge in [0.1, 0.15) is 24.1 Å². The first-order valence-electron chi connectivity index (χ1n) is 10.2. The number of nitrogens with one attached hydrogen (secondary N) is 1. The number of aromatic nitrogens is 2. The van der Waals surface area contributed by atoms with Crippen LogP contribution < -0.4 is 20.0 Å². The molecule has 2 amide bonds. The number of benzene rings is 1. The first-order valence-corrected chi connectivity index (χ1v) is 10.2. The second kappa shape index (κ2) is 8.75. The van der Waals surface area contributed by atoms with E-state index in [1.165, 1.54) is 17.9 Å². The van der Waals surface area contributed by atoms with E-state index in [1.807, 2.05) is 17.9 Å². The molecule has 9 nitrogen and oxygen atoms in total. The van der Waals surface area contributed by atoms with Crippen LogP contribution in [0.3, 0.4) is 0 Å². The van der Waals surface area contributed by atoms with Gasteiger partial charge in [-0.3, -0.25) is 9.69 Å². The average Bonchev–Trinajstić information content (AvgIpc) is 3.13. The predicted molar refractivity (Wildman–Crippen MR) is 114 cm³/mol. The molecular formula is C21H25FN6O3. The van der Waals surface area contributed by atoms with E-state index in [1.54, 1.807) is 18.5 Å². The van der Waals surface area contributed by atoms with Gasteiger partial charge in [0, 0.05) is 44.9 Å². The molecule has 0 bridgehead atoms. The molecule has 0 radical (unpaired) electrons. The van der Waals surface area contributed by atoms with E-state index in [0.29, 0.717) is 24.5 Å². The first-order chi connectivity index (χ1) is 14.9. The van der Waals surface area contributed by atoms with Crippen LogP contribution in [-0.2, 0) is 9.53 Å². The maximum atomic E-state index is 14.9. The van der Waals surface area contributed by atoms with Crippen molar-refractivity contribution in [2.45, 2.75) is 20.0 Å². The Bertz CT molecular complexity index is 979. The van der Waals surface area contributed by atoms with Gasteiger partial charge in [-0.05, 0) is 25.1 Å². The third kappa shape index (κ3) is 4.68. The number of piperazine rings is 1. The van der Waals surface area contributed by atoms with Gasteiger partial charge >= 0.3 is 6.09 Å². The molecule has 1 aromatic heterocycles. The van der Waals surface area contributed by atoms with Crippen LogP contribution in [0.25, 0.3) is 0 Å². The van der Waals surface area contributed by atoms with Gasteiger partial charge in [-0.25, -0.2) is 19.2 Å². The smallest absolute Gasteiger partial charge is 0.414 e. The van der Waals surface area contributed by atoms with E-state index in [9.17, 15) is 14.0 Å². The van der Waals surface area contributed by atoms with Crippen LogP contribution >= 0.6 is 0 Å². The van der Waals surface area contributed by atoms with Crippen LogP contribution in [0.2, 0.25) is 0 Å². The molecular weight excluding hydrogens is 403 g/mol. The molecule has 2 aliphatic heterocycles. The van der Waals surface area contributed by atoms with Crippen molar-refractivity contribution in [2.24, 2.45) is 0 Å². The van der Waals surface area contributed by atoms with E-state index in [0.717, 1.165) is 24.6 Å². The maximum absolute atomic E-state index is 14.9. The summed E-state index contributed by atoms with van der Waals surface area (Å²) in [5, 5.41) is 2.63. The zero-order valence-electron chi connectivity index (χ0n) is 17.5. The molecule has 1 N–H and O–H groups in total. The SMILES string of the molecule is CC(=O)NCC1CN(c2ccc(N3CCN(c4cc(C)ncn4)CC3)c(F)c2)C(=O)O1. The highest BCUT2D eigenvalue weighted by atomic mass is 19.1. The molecule has 1 aromatic carbocycles. The maximum Gasteiger partial charge on any atom is 0.414 e. The van der Waals surface area contributed by atoms with Crippen LogP contribution in [0.1, 0.15) is 12.6 Å². The minimum absolute atomic E-state index is 0.195. The third-order valence-corrected chi connectivity index (χ3v) is 5.43. The summed E-state index contributed by atoms with van der Waals surface area (Å²) in [6.45, 7) is 6.58. The Morgan fingerprint density at radius 1 is 1.19 bits per heavy atom. The van der Waals surface area contributed by atoms with Crippen molar-refractivity contribution < 1.29 is 18.7 Å². The highest BCUT2D eigenvalue weighted by molar-refractivity contribution is 5.90. The lowest BCUT2D eigenvalue weighted by molar-refractivity contribution is -0.119. The lowest BCUT2D eigenvalue weighted by Crippen LogP contribution is -2.47. The monoisotopic (exact) mass is 428 g/mol. The summed E-state index contributed by atoms with van der Waals surface area (Å²) in [5.41, 5.74) is 1.85. The highest BCUT2D eigenvalue weighted by Gasteiger charge is 2.33. The summed E-state index contributed by atoms with van der Waals surface area (Å²) in [7, 11) is 0. The van der Waals surface area contributed by atoms with Gasteiger partial charge in [-0.1, -0.05) is 0 Å². The number of hydrogen-bond donors (Lipinski definition) is 1. The number of cyclic esters (lactones) is 1. The Labute approximate surface area is 179 Å². The van der Waals surface area contributed by atoms with E-state index in [4.69, 9.17) is 4.74 Å². The minimum atomic E-state index is -0.545. The topological polar surface area (TPSA) is 90.9 Å². The molecule has 31 heavy (non-hydrogen) atoms. The van der Waals surface area contributed by atoms with Crippen molar-refractivity contribution in [2.75, 3.05) is 54.0 Å². The Balaban J connectivity index is 1.39. The third-order valence-electron chi connectivity index (χ3n) is 5.43. The van der Waals surface area contributed by atoms with Crippen molar-refractivity contribution in [3.05, 3.63) is 42.1 Å². The number of halogens is 1. The molecule has 1 unspecified atom stereocenters. The summed E-state index contributed by atoms with van der Waals surface area (Å²) in [6, 6.07) is 6.72. The fourth-order valence-corrected chi connectivity index (χ4v) is 3.81. The van der Waals surface area contributed by atoms with E-state index >= 15 is 0 Å². The van der Waals surface area contributed by atoms with Crippen LogP contribution in [0, 0.1) is 12.7 Å². The van der Waals surface area contributed by atoms with Crippen molar-refractivity contribution >= 4 is 29.2 Å². The number of amides is 2. The standard InChI is InChI=1S/C21H25FN6O3/c1-14-9-20(25-13-24-14)27-7-5-26(6-8-27)19-4-3-16(10-18(19)22)28-12-17(31-21(28)30)11-23-15(2)29/h3-4,9-10,13,17H,5-8,11-12H2,1-2H3,(H,23,29). The second-order valence-corrected chi connectivity index (χ2v) is 7.68. The van der Waals surface area contributed by atoms with E-state index < -0.39 is 12.2 Å². The summed E-state index contributed by atoms with van der Waals surface area (Å²) in [4.78, 5) is 37.2. The quantitative estimate of drug-likeness (QED) is 0.775. The van der Waals surface area contributed by atoms with Gasteiger partial charge in [0.2, 0.25) is 5.91 Å². The lowest BCUT2D eigenvalue weighted by atomic mass is 10.2. The number of hydrogen-bond acceptors (Lipinski definition) is 7. The fourth-order valence-electron chi connectivity index (χ4n) is 3.81. The number of rotatable bonds is 5. The number of ether oxygens (including phenoxy) is 1. The Morgan fingerprint density at radius 3 is 2.61 bits per heavy atom. The first kappa shape index (κ1) is 20.8. The van der Waals surface area contributed by atoms with Gasteiger partial charge in [0.15, 0.2) is 0 Å². The number of aryl methyl sites for hydroxylation is 1. The van der Waals surface area contributed by atoms with Gasteiger partial charge in [0.25, 0.3) is 0 Å². The number of carbonyl (C=O) groups is 2.